The van der Waals surface area contributed by atoms with E-state index in [9.17, 15) is 4.79 Å². The van der Waals surface area contributed by atoms with Crippen LogP contribution in [0.1, 0.15) is 21.5 Å². The summed E-state index contributed by atoms with van der Waals surface area (Å²) >= 11 is 0. The average molecular weight is 283 g/mol. The molecule has 2 aromatic rings. The SMILES string of the molecule is Cc1cc(N)cc(C(=O)OCC2Cc3ccccc3O2)c1. The molecule has 0 aromatic heterocycles. The van der Waals surface area contributed by atoms with Crippen LogP contribution in [0.5, 0.6) is 5.75 Å². The Morgan fingerprint density at radius 3 is 2.90 bits per heavy atom. The Kier molecular flexibility index (Phi) is 3.52. The van der Waals surface area contributed by atoms with Crippen molar-refractivity contribution in [2.45, 2.75) is 19.4 Å². The van der Waals surface area contributed by atoms with Crippen LogP contribution in [0.2, 0.25) is 0 Å². The topological polar surface area (TPSA) is 61.6 Å². The molecule has 1 aliphatic heterocycles. The summed E-state index contributed by atoms with van der Waals surface area (Å²) < 4.78 is 11.1. The third kappa shape index (κ3) is 2.99. The maximum atomic E-state index is 12.0. The van der Waals surface area contributed by atoms with E-state index in [-0.39, 0.29) is 18.7 Å². The fraction of sp³-hybridized carbons (Fsp3) is 0.235. The van der Waals surface area contributed by atoms with E-state index in [1.165, 1.54) is 0 Å². The van der Waals surface area contributed by atoms with Crippen molar-refractivity contribution in [1.82, 2.24) is 0 Å². The van der Waals surface area contributed by atoms with Gasteiger partial charge in [-0.3, -0.25) is 0 Å². The second kappa shape index (κ2) is 5.48. The van der Waals surface area contributed by atoms with Crippen molar-refractivity contribution in [3.63, 3.8) is 0 Å². The Hall–Kier alpha value is -2.49. The average Bonchev–Trinajstić information content (AvgIpc) is 2.86. The molecule has 1 aliphatic rings. The summed E-state index contributed by atoms with van der Waals surface area (Å²) in [6.45, 7) is 2.13. The third-order valence-corrected chi connectivity index (χ3v) is 3.45. The first-order valence-electron chi connectivity index (χ1n) is 6.90. The minimum Gasteiger partial charge on any atom is -0.486 e. The zero-order valence-electron chi connectivity index (χ0n) is 11.8. The van der Waals surface area contributed by atoms with E-state index >= 15 is 0 Å². The first kappa shape index (κ1) is 13.5. The Morgan fingerprint density at radius 1 is 1.33 bits per heavy atom. The number of hydrogen-bond donors (Lipinski definition) is 1. The molecule has 4 heteroatoms. The smallest absolute Gasteiger partial charge is 0.338 e. The molecule has 0 aliphatic carbocycles. The second-order valence-electron chi connectivity index (χ2n) is 5.28. The third-order valence-electron chi connectivity index (χ3n) is 3.45. The van der Waals surface area contributed by atoms with E-state index in [1.54, 1.807) is 12.1 Å². The molecule has 0 bridgehead atoms. The molecule has 1 atom stereocenters. The number of nitrogen functional groups attached to an aromatic ring is 1. The highest BCUT2D eigenvalue weighted by Crippen LogP contribution is 2.28. The van der Waals surface area contributed by atoms with Gasteiger partial charge in [0.25, 0.3) is 0 Å². The van der Waals surface area contributed by atoms with E-state index in [0.29, 0.717) is 11.3 Å². The number of anilines is 1. The van der Waals surface area contributed by atoms with Gasteiger partial charge in [0.05, 0.1) is 5.56 Å². The van der Waals surface area contributed by atoms with Crippen molar-refractivity contribution in [3.8, 4) is 5.75 Å². The largest absolute Gasteiger partial charge is 0.486 e. The van der Waals surface area contributed by atoms with Crippen molar-refractivity contribution >= 4 is 11.7 Å². The number of para-hydroxylation sites is 1. The molecule has 0 amide bonds. The minimum atomic E-state index is -0.370. The molecule has 1 unspecified atom stereocenters. The van der Waals surface area contributed by atoms with Crippen LogP contribution in [-0.4, -0.2) is 18.7 Å². The van der Waals surface area contributed by atoms with Gasteiger partial charge in [-0.25, -0.2) is 4.79 Å². The molecule has 0 spiro atoms. The number of fused-ring (bicyclic) bond motifs is 1. The van der Waals surface area contributed by atoms with Gasteiger partial charge in [-0.2, -0.15) is 0 Å². The summed E-state index contributed by atoms with van der Waals surface area (Å²) in [5.41, 5.74) is 8.86. The van der Waals surface area contributed by atoms with Crippen molar-refractivity contribution in [2.24, 2.45) is 0 Å². The summed E-state index contributed by atoms with van der Waals surface area (Å²) in [6.07, 6.45) is 0.646. The number of ether oxygens (including phenoxy) is 2. The molecule has 4 nitrogen and oxygen atoms in total. The van der Waals surface area contributed by atoms with Gasteiger partial charge in [0.1, 0.15) is 18.5 Å². The number of benzene rings is 2. The molecular weight excluding hydrogens is 266 g/mol. The highest BCUT2D eigenvalue weighted by atomic mass is 16.6. The first-order chi connectivity index (χ1) is 10.1. The summed E-state index contributed by atoms with van der Waals surface area (Å²) in [4.78, 5) is 12.0. The fourth-order valence-electron chi connectivity index (χ4n) is 2.53. The van der Waals surface area contributed by atoms with E-state index in [1.807, 2.05) is 37.3 Å². The van der Waals surface area contributed by atoms with Crippen LogP contribution in [-0.2, 0) is 11.2 Å². The molecule has 2 aromatic carbocycles. The number of nitrogens with two attached hydrogens (primary N) is 1. The Balaban J connectivity index is 1.60. The molecule has 0 saturated heterocycles. The number of aryl methyl sites for hydroxylation is 1. The molecule has 1 heterocycles. The number of esters is 1. The van der Waals surface area contributed by atoms with Gasteiger partial charge in [0.2, 0.25) is 0 Å². The number of rotatable bonds is 3. The van der Waals surface area contributed by atoms with Gasteiger partial charge in [0.15, 0.2) is 0 Å². The maximum Gasteiger partial charge on any atom is 0.338 e. The van der Waals surface area contributed by atoms with Crippen LogP contribution in [0, 0.1) is 6.92 Å². The van der Waals surface area contributed by atoms with Crippen LogP contribution >= 0.6 is 0 Å². The van der Waals surface area contributed by atoms with Crippen LogP contribution in [0.3, 0.4) is 0 Å². The molecule has 0 radical (unpaired) electrons. The lowest BCUT2D eigenvalue weighted by Gasteiger charge is -2.12. The summed E-state index contributed by atoms with van der Waals surface area (Å²) in [6, 6.07) is 13.1. The molecule has 21 heavy (non-hydrogen) atoms. The normalized spacial score (nSPS) is 16.1. The minimum absolute atomic E-state index is 0.117. The number of carbonyl (C=O) groups excluding carboxylic acids is 1. The van der Waals surface area contributed by atoms with E-state index in [0.717, 1.165) is 23.3 Å². The highest BCUT2D eigenvalue weighted by molar-refractivity contribution is 5.90. The number of carbonyl (C=O) groups is 1. The zero-order chi connectivity index (χ0) is 14.8. The van der Waals surface area contributed by atoms with Gasteiger partial charge in [-0.05, 0) is 42.3 Å². The molecule has 0 fully saturated rings. The maximum absolute atomic E-state index is 12.0. The second-order valence-corrected chi connectivity index (χ2v) is 5.28. The molecule has 108 valence electrons. The van der Waals surface area contributed by atoms with Crippen molar-refractivity contribution in [2.75, 3.05) is 12.3 Å². The lowest BCUT2D eigenvalue weighted by molar-refractivity contribution is 0.0347. The predicted octanol–water partition coefficient (Wildman–Crippen LogP) is 2.74. The molecule has 3 rings (SSSR count). The van der Waals surface area contributed by atoms with Crippen molar-refractivity contribution in [1.29, 1.82) is 0 Å². The van der Waals surface area contributed by atoms with E-state index in [2.05, 4.69) is 0 Å². The molecule has 0 saturated carbocycles. The van der Waals surface area contributed by atoms with E-state index in [4.69, 9.17) is 15.2 Å². The lowest BCUT2D eigenvalue weighted by atomic mass is 10.1. The van der Waals surface area contributed by atoms with E-state index < -0.39 is 0 Å². The Bertz CT molecular complexity index is 636. The van der Waals surface area contributed by atoms with Gasteiger partial charge in [-0.1, -0.05) is 18.2 Å². The van der Waals surface area contributed by atoms with Crippen LogP contribution < -0.4 is 10.5 Å². The standard InChI is InChI=1S/C17H17NO3/c1-11-6-13(8-14(18)7-11)17(19)20-10-15-9-12-4-2-3-5-16(12)21-15/h2-8,15H,9-10,18H2,1H3. The van der Waals surface area contributed by atoms with Crippen molar-refractivity contribution in [3.05, 3.63) is 59.2 Å². The number of hydrogen-bond acceptors (Lipinski definition) is 4. The first-order valence-corrected chi connectivity index (χ1v) is 6.90. The van der Waals surface area contributed by atoms with Crippen LogP contribution in [0.25, 0.3) is 0 Å². The summed E-state index contributed by atoms with van der Waals surface area (Å²) in [5, 5.41) is 0. The zero-order valence-corrected chi connectivity index (χ0v) is 11.8. The summed E-state index contributed by atoms with van der Waals surface area (Å²) in [5.74, 6) is 0.503. The van der Waals surface area contributed by atoms with Gasteiger partial charge < -0.3 is 15.2 Å². The van der Waals surface area contributed by atoms with Crippen LogP contribution in [0.4, 0.5) is 5.69 Å². The van der Waals surface area contributed by atoms with Gasteiger partial charge >= 0.3 is 5.97 Å². The van der Waals surface area contributed by atoms with Crippen molar-refractivity contribution < 1.29 is 14.3 Å². The lowest BCUT2D eigenvalue weighted by Crippen LogP contribution is -2.23. The summed E-state index contributed by atoms with van der Waals surface area (Å²) in [7, 11) is 0. The Labute approximate surface area is 123 Å². The van der Waals surface area contributed by atoms with Crippen LogP contribution in [0.15, 0.2) is 42.5 Å². The molecule has 2 N–H and O–H groups in total. The van der Waals surface area contributed by atoms with Gasteiger partial charge in [0, 0.05) is 12.1 Å². The quantitative estimate of drug-likeness (QED) is 0.695. The fourth-order valence-corrected chi connectivity index (χ4v) is 2.53. The highest BCUT2D eigenvalue weighted by Gasteiger charge is 2.23. The monoisotopic (exact) mass is 283 g/mol. The van der Waals surface area contributed by atoms with Gasteiger partial charge in [-0.15, -0.1) is 0 Å². The Morgan fingerprint density at radius 2 is 2.14 bits per heavy atom. The molecular formula is C17H17NO3. The predicted molar refractivity (Wildman–Crippen MR) is 80.4 cm³/mol.